The van der Waals surface area contributed by atoms with E-state index in [1.807, 2.05) is 6.07 Å². The molecule has 2 aromatic heterocycles. The zero-order chi connectivity index (χ0) is 21.4. The van der Waals surface area contributed by atoms with E-state index in [4.69, 9.17) is 21.1 Å². The smallest absolute Gasteiger partial charge is 0.255 e. The van der Waals surface area contributed by atoms with E-state index in [1.54, 1.807) is 24.5 Å². The Bertz CT molecular complexity index is 1150. The number of ether oxygens (including phenoxy) is 2. The highest BCUT2D eigenvalue weighted by molar-refractivity contribution is 6.33. The van der Waals surface area contributed by atoms with Crippen LogP contribution in [0.5, 0.6) is 5.75 Å². The standard InChI is InChI=1S/C22H20ClFN4O3/c23-19-14(24)2-1-3-16(19)28-21-18-15(5-7-26-22(18)29)27-20(21)13-4-6-25-8-17(13)31-11-12-9-30-10-12/h1-4,6,8,12,27-28H,5,7,9-11H2,(H,26,29). The van der Waals surface area contributed by atoms with Gasteiger partial charge in [-0.25, -0.2) is 4.39 Å². The lowest BCUT2D eigenvalue weighted by molar-refractivity contribution is -0.0508. The van der Waals surface area contributed by atoms with Crippen molar-refractivity contribution in [3.8, 4) is 17.0 Å². The van der Waals surface area contributed by atoms with Gasteiger partial charge in [-0.15, -0.1) is 0 Å². The lowest BCUT2D eigenvalue weighted by atomic mass is 10.0. The Morgan fingerprint density at radius 1 is 1.32 bits per heavy atom. The van der Waals surface area contributed by atoms with Gasteiger partial charge in [-0.2, -0.15) is 0 Å². The summed E-state index contributed by atoms with van der Waals surface area (Å²) in [5.41, 5.74) is 3.56. The number of fused-ring (bicyclic) bond motifs is 1. The van der Waals surface area contributed by atoms with Gasteiger partial charge < -0.3 is 25.1 Å². The van der Waals surface area contributed by atoms with Crippen molar-refractivity contribution in [2.24, 2.45) is 5.92 Å². The summed E-state index contributed by atoms with van der Waals surface area (Å²) in [6.45, 7) is 2.40. The van der Waals surface area contributed by atoms with Crippen LogP contribution in [0.3, 0.4) is 0 Å². The number of rotatable bonds is 6. The molecule has 4 heterocycles. The van der Waals surface area contributed by atoms with E-state index in [9.17, 15) is 9.18 Å². The van der Waals surface area contributed by atoms with Crippen molar-refractivity contribution in [2.75, 3.05) is 31.7 Å². The van der Waals surface area contributed by atoms with Crippen molar-refractivity contribution in [1.82, 2.24) is 15.3 Å². The van der Waals surface area contributed by atoms with Gasteiger partial charge in [0, 0.05) is 36.3 Å². The van der Waals surface area contributed by atoms with Crippen molar-refractivity contribution in [3.63, 3.8) is 0 Å². The van der Waals surface area contributed by atoms with Crippen molar-refractivity contribution in [2.45, 2.75) is 6.42 Å². The van der Waals surface area contributed by atoms with Crippen LogP contribution in [-0.4, -0.2) is 42.2 Å². The number of pyridine rings is 1. The lowest BCUT2D eigenvalue weighted by Crippen LogP contribution is -2.32. The van der Waals surface area contributed by atoms with Crippen LogP contribution in [0.2, 0.25) is 5.02 Å². The van der Waals surface area contributed by atoms with E-state index < -0.39 is 5.82 Å². The van der Waals surface area contributed by atoms with Gasteiger partial charge >= 0.3 is 0 Å². The molecule has 1 amide bonds. The molecule has 1 saturated heterocycles. The van der Waals surface area contributed by atoms with Crippen molar-refractivity contribution in [3.05, 3.63) is 58.8 Å². The van der Waals surface area contributed by atoms with Gasteiger partial charge in [-0.1, -0.05) is 17.7 Å². The highest BCUT2D eigenvalue weighted by Gasteiger charge is 2.29. The second kappa shape index (κ2) is 8.20. The number of benzene rings is 1. The first-order valence-corrected chi connectivity index (χ1v) is 10.4. The Kier molecular flexibility index (Phi) is 5.25. The molecule has 0 radical (unpaired) electrons. The van der Waals surface area contributed by atoms with E-state index in [1.165, 1.54) is 6.07 Å². The number of nitrogens with one attached hydrogen (secondary N) is 3. The van der Waals surface area contributed by atoms with Crippen LogP contribution in [0.1, 0.15) is 16.1 Å². The molecule has 160 valence electrons. The third-order valence-electron chi connectivity index (χ3n) is 5.41. The maximum atomic E-state index is 14.0. The summed E-state index contributed by atoms with van der Waals surface area (Å²) in [5, 5.41) is 5.99. The summed E-state index contributed by atoms with van der Waals surface area (Å²) in [6, 6.07) is 6.33. The van der Waals surface area contributed by atoms with E-state index in [0.29, 0.717) is 67.1 Å². The monoisotopic (exact) mass is 442 g/mol. The van der Waals surface area contributed by atoms with Gasteiger partial charge in [0.2, 0.25) is 0 Å². The van der Waals surface area contributed by atoms with Crippen molar-refractivity contribution < 1.29 is 18.7 Å². The molecule has 7 nitrogen and oxygen atoms in total. The number of carbonyl (C=O) groups excluding carboxylic acids is 1. The molecule has 1 aromatic carbocycles. The highest BCUT2D eigenvalue weighted by Crippen LogP contribution is 2.41. The number of anilines is 2. The van der Waals surface area contributed by atoms with Gasteiger partial charge in [0.05, 0.1) is 53.7 Å². The average Bonchev–Trinajstić information content (AvgIpc) is 3.10. The number of carbonyl (C=O) groups is 1. The zero-order valence-corrected chi connectivity index (χ0v) is 17.3. The first kappa shape index (κ1) is 19.8. The fourth-order valence-electron chi connectivity index (χ4n) is 3.73. The van der Waals surface area contributed by atoms with Crippen LogP contribution in [0, 0.1) is 11.7 Å². The van der Waals surface area contributed by atoms with E-state index in [0.717, 1.165) is 11.3 Å². The number of H-pyrrole nitrogens is 1. The van der Waals surface area contributed by atoms with Gasteiger partial charge in [0.1, 0.15) is 11.6 Å². The summed E-state index contributed by atoms with van der Waals surface area (Å²) in [7, 11) is 0. The maximum absolute atomic E-state index is 14.0. The van der Waals surface area contributed by atoms with Gasteiger partial charge in [0.15, 0.2) is 0 Å². The number of nitrogens with zero attached hydrogens (tertiary/aromatic N) is 1. The summed E-state index contributed by atoms with van der Waals surface area (Å²) in [4.78, 5) is 20.3. The molecule has 2 aliphatic heterocycles. The number of halogens is 2. The Balaban J connectivity index is 1.59. The minimum Gasteiger partial charge on any atom is -0.491 e. The fourth-order valence-corrected chi connectivity index (χ4v) is 3.90. The second-order valence-corrected chi connectivity index (χ2v) is 7.93. The molecule has 1 fully saturated rings. The molecular formula is C22H20ClFN4O3. The molecule has 0 atom stereocenters. The molecule has 5 rings (SSSR count). The van der Waals surface area contributed by atoms with Crippen LogP contribution in [0.15, 0.2) is 36.7 Å². The van der Waals surface area contributed by atoms with Crippen LogP contribution < -0.4 is 15.4 Å². The van der Waals surface area contributed by atoms with Gasteiger partial charge in [0.25, 0.3) is 5.91 Å². The number of aromatic nitrogens is 2. The minimum atomic E-state index is -0.544. The maximum Gasteiger partial charge on any atom is 0.255 e. The quantitative estimate of drug-likeness (QED) is 0.538. The molecule has 0 saturated carbocycles. The third kappa shape index (κ3) is 3.73. The van der Waals surface area contributed by atoms with Gasteiger partial charge in [-0.05, 0) is 18.2 Å². The average molecular weight is 443 g/mol. The molecule has 0 spiro atoms. The summed E-state index contributed by atoms with van der Waals surface area (Å²) >= 11 is 6.17. The predicted octanol–water partition coefficient (Wildman–Crippen LogP) is 3.92. The Morgan fingerprint density at radius 2 is 2.19 bits per heavy atom. The van der Waals surface area contributed by atoms with Crippen molar-refractivity contribution in [1.29, 1.82) is 0 Å². The molecule has 0 aliphatic carbocycles. The number of aromatic amines is 1. The molecule has 0 unspecified atom stereocenters. The predicted molar refractivity (Wildman–Crippen MR) is 115 cm³/mol. The number of hydrogen-bond acceptors (Lipinski definition) is 5. The molecule has 31 heavy (non-hydrogen) atoms. The highest BCUT2D eigenvalue weighted by atomic mass is 35.5. The molecule has 2 aliphatic rings. The zero-order valence-electron chi connectivity index (χ0n) is 16.5. The third-order valence-corrected chi connectivity index (χ3v) is 5.80. The lowest BCUT2D eigenvalue weighted by Gasteiger charge is -2.26. The first-order valence-electron chi connectivity index (χ1n) is 10.0. The molecule has 0 bridgehead atoms. The van der Waals surface area contributed by atoms with Crippen LogP contribution >= 0.6 is 11.6 Å². The van der Waals surface area contributed by atoms with Crippen LogP contribution in [0.4, 0.5) is 15.8 Å². The molecule has 3 aromatic rings. The summed E-state index contributed by atoms with van der Waals surface area (Å²) in [6.07, 6.45) is 3.95. The van der Waals surface area contributed by atoms with E-state index in [-0.39, 0.29) is 10.9 Å². The summed E-state index contributed by atoms with van der Waals surface area (Å²) in [5.74, 6) is 0.181. The minimum absolute atomic E-state index is 0.0456. The van der Waals surface area contributed by atoms with Crippen molar-refractivity contribution >= 4 is 28.9 Å². The van der Waals surface area contributed by atoms with Gasteiger partial charge in [-0.3, -0.25) is 9.78 Å². The Labute approximate surface area is 182 Å². The van der Waals surface area contributed by atoms with Crippen LogP contribution in [-0.2, 0) is 11.2 Å². The first-order chi connectivity index (χ1) is 15.1. The topological polar surface area (TPSA) is 88.3 Å². The molecule has 3 N–H and O–H groups in total. The Hall–Kier alpha value is -3.10. The second-order valence-electron chi connectivity index (χ2n) is 7.55. The normalized spacial score (nSPS) is 15.7. The fraction of sp³-hybridized carbons (Fsp3) is 0.273. The van der Waals surface area contributed by atoms with E-state index >= 15 is 0 Å². The Morgan fingerprint density at radius 3 is 3.00 bits per heavy atom. The van der Waals surface area contributed by atoms with Crippen LogP contribution in [0.25, 0.3) is 11.3 Å². The SMILES string of the molecule is O=C1NCCc2[nH]c(-c3ccncc3OCC3COC3)c(Nc3cccc(F)c3Cl)c21. The largest absolute Gasteiger partial charge is 0.491 e. The number of hydrogen-bond donors (Lipinski definition) is 3. The summed E-state index contributed by atoms with van der Waals surface area (Å²) < 4.78 is 25.3. The molecule has 9 heteroatoms. The van der Waals surface area contributed by atoms with E-state index in [2.05, 4.69) is 20.6 Å². The molecular weight excluding hydrogens is 423 g/mol. The number of amides is 1.